The van der Waals surface area contributed by atoms with Crippen LogP contribution in [0.15, 0.2) is 23.1 Å². The number of carbonyl (C=O) groups is 1. The topological polar surface area (TPSA) is 44.8 Å². The van der Waals surface area contributed by atoms with Gasteiger partial charge in [-0.25, -0.2) is 4.79 Å². The summed E-state index contributed by atoms with van der Waals surface area (Å²) in [6.45, 7) is 0. The highest BCUT2D eigenvalue weighted by atomic mass is 35.5. The second-order valence-corrected chi connectivity index (χ2v) is 4.85. The molecule has 0 fully saturated rings. The fraction of sp³-hybridized carbons (Fsp3) is 0.417. The number of thioether (sulfide) groups is 1. The smallest absolute Gasteiger partial charge is 0.339 e. The number of rotatable bonds is 6. The average Bonchev–Trinajstić information content (AvgIpc) is 2.39. The van der Waals surface area contributed by atoms with E-state index in [9.17, 15) is 4.79 Å². The van der Waals surface area contributed by atoms with E-state index in [1.54, 1.807) is 26.4 Å². The minimum absolute atomic E-state index is 0.269. The van der Waals surface area contributed by atoms with E-state index in [4.69, 9.17) is 21.1 Å². The van der Waals surface area contributed by atoms with Crippen molar-refractivity contribution in [3.63, 3.8) is 0 Å². The van der Waals surface area contributed by atoms with Crippen molar-refractivity contribution in [1.29, 1.82) is 0 Å². The Balaban J connectivity index is 2.70. The maximum atomic E-state index is 11.4. The first kappa shape index (κ1) is 15.3. The number of methoxy groups -OCH3 is 3. The lowest BCUT2D eigenvalue weighted by molar-refractivity contribution is -0.0842. The fourth-order valence-corrected chi connectivity index (χ4v) is 2.55. The van der Waals surface area contributed by atoms with Crippen LogP contribution in [0.2, 0.25) is 5.02 Å². The molecule has 0 N–H and O–H groups in total. The van der Waals surface area contributed by atoms with Crippen LogP contribution in [0.25, 0.3) is 0 Å². The number of hydrogen-bond donors (Lipinski definition) is 0. The summed E-state index contributed by atoms with van der Waals surface area (Å²) in [5.74, 6) is 0.198. The third-order valence-corrected chi connectivity index (χ3v) is 3.60. The van der Waals surface area contributed by atoms with Crippen molar-refractivity contribution >= 4 is 29.3 Å². The number of hydrogen-bond acceptors (Lipinski definition) is 5. The van der Waals surface area contributed by atoms with Crippen molar-refractivity contribution in [3.05, 3.63) is 28.8 Å². The van der Waals surface area contributed by atoms with Gasteiger partial charge in [0, 0.05) is 24.9 Å². The summed E-state index contributed by atoms with van der Waals surface area (Å²) in [5.41, 5.74) is 0.360. The molecule has 6 heteroatoms. The maximum absolute atomic E-state index is 11.4. The highest BCUT2D eigenvalue weighted by molar-refractivity contribution is 7.99. The summed E-state index contributed by atoms with van der Waals surface area (Å²) < 4.78 is 14.8. The van der Waals surface area contributed by atoms with Crippen LogP contribution in [0.4, 0.5) is 0 Å². The van der Waals surface area contributed by atoms with E-state index in [0.717, 1.165) is 4.90 Å². The third kappa shape index (κ3) is 4.17. The molecule has 1 aromatic rings. The Labute approximate surface area is 116 Å². The van der Waals surface area contributed by atoms with Crippen molar-refractivity contribution < 1.29 is 19.0 Å². The van der Waals surface area contributed by atoms with Gasteiger partial charge in [0.1, 0.15) is 0 Å². The summed E-state index contributed by atoms with van der Waals surface area (Å²) in [6.07, 6.45) is -0.269. The van der Waals surface area contributed by atoms with Crippen molar-refractivity contribution in [2.45, 2.75) is 11.2 Å². The van der Waals surface area contributed by atoms with Gasteiger partial charge in [-0.2, -0.15) is 0 Å². The molecule has 0 aliphatic heterocycles. The van der Waals surface area contributed by atoms with Gasteiger partial charge in [-0.05, 0) is 18.2 Å². The second-order valence-electron chi connectivity index (χ2n) is 3.35. The van der Waals surface area contributed by atoms with Gasteiger partial charge < -0.3 is 14.2 Å². The lowest BCUT2D eigenvalue weighted by Gasteiger charge is -2.12. The van der Waals surface area contributed by atoms with Crippen LogP contribution in [0.1, 0.15) is 10.4 Å². The van der Waals surface area contributed by atoms with Crippen LogP contribution in [-0.2, 0) is 14.2 Å². The van der Waals surface area contributed by atoms with E-state index < -0.39 is 5.97 Å². The molecule has 0 unspecified atom stereocenters. The summed E-state index contributed by atoms with van der Waals surface area (Å²) in [4.78, 5) is 12.3. The minimum atomic E-state index is -0.441. The van der Waals surface area contributed by atoms with Gasteiger partial charge in [0.15, 0.2) is 6.29 Å². The Morgan fingerprint density at radius 2 is 2.00 bits per heavy atom. The minimum Gasteiger partial charge on any atom is -0.465 e. The molecular formula is C12H15ClO4S. The standard InChI is InChI=1S/C12H15ClO4S/c1-15-11(16-2)7-18-8-4-5-9(10(13)6-8)12(14)17-3/h4-6,11H,7H2,1-3H3. The van der Waals surface area contributed by atoms with Gasteiger partial charge in [0.05, 0.1) is 17.7 Å². The first-order chi connectivity index (χ1) is 8.62. The zero-order valence-electron chi connectivity index (χ0n) is 10.4. The number of benzene rings is 1. The molecule has 0 bridgehead atoms. The van der Waals surface area contributed by atoms with Gasteiger partial charge in [0.25, 0.3) is 0 Å². The second kappa shape index (κ2) is 7.63. The number of esters is 1. The zero-order chi connectivity index (χ0) is 13.5. The van der Waals surface area contributed by atoms with Crippen LogP contribution < -0.4 is 0 Å². The molecule has 0 aromatic heterocycles. The summed E-state index contributed by atoms with van der Waals surface area (Å²) in [7, 11) is 4.49. The normalized spacial score (nSPS) is 10.7. The van der Waals surface area contributed by atoms with Gasteiger partial charge in [-0.1, -0.05) is 11.6 Å². The Morgan fingerprint density at radius 3 is 2.50 bits per heavy atom. The Morgan fingerprint density at radius 1 is 1.33 bits per heavy atom. The molecule has 4 nitrogen and oxygen atoms in total. The maximum Gasteiger partial charge on any atom is 0.339 e. The zero-order valence-corrected chi connectivity index (χ0v) is 12.0. The van der Waals surface area contributed by atoms with Crippen molar-refractivity contribution in [2.75, 3.05) is 27.1 Å². The van der Waals surface area contributed by atoms with Gasteiger partial charge >= 0.3 is 5.97 Å². The predicted molar refractivity (Wildman–Crippen MR) is 71.3 cm³/mol. The van der Waals surface area contributed by atoms with Crippen LogP contribution in [0, 0.1) is 0 Å². The fourth-order valence-electron chi connectivity index (χ4n) is 1.26. The summed E-state index contributed by atoms with van der Waals surface area (Å²) in [6, 6.07) is 5.18. The largest absolute Gasteiger partial charge is 0.465 e. The van der Waals surface area contributed by atoms with Crippen molar-refractivity contribution in [3.8, 4) is 0 Å². The molecule has 0 saturated heterocycles. The quantitative estimate of drug-likeness (QED) is 0.458. The lowest BCUT2D eigenvalue weighted by Crippen LogP contribution is -2.15. The highest BCUT2D eigenvalue weighted by Gasteiger charge is 2.12. The molecule has 0 atom stereocenters. The molecule has 0 heterocycles. The molecule has 0 spiro atoms. The lowest BCUT2D eigenvalue weighted by atomic mass is 10.2. The first-order valence-electron chi connectivity index (χ1n) is 5.18. The highest BCUT2D eigenvalue weighted by Crippen LogP contribution is 2.26. The molecule has 100 valence electrons. The van der Waals surface area contributed by atoms with E-state index in [2.05, 4.69) is 4.74 Å². The molecule has 0 amide bonds. The molecule has 0 aliphatic rings. The van der Waals surface area contributed by atoms with Crippen LogP contribution in [0.3, 0.4) is 0 Å². The number of halogens is 1. The van der Waals surface area contributed by atoms with Gasteiger partial charge in [-0.15, -0.1) is 11.8 Å². The third-order valence-electron chi connectivity index (χ3n) is 2.26. The molecule has 0 radical (unpaired) electrons. The van der Waals surface area contributed by atoms with Crippen LogP contribution in [-0.4, -0.2) is 39.3 Å². The Hall–Kier alpha value is -0.750. The molecule has 0 aliphatic carbocycles. The van der Waals surface area contributed by atoms with E-state index in [-0.39, 0.29) is 6.29 Å². The molecule has 1 aromatic carbocycles. The molecule has 18 heavy (non-hydrogen) atoms. The molecular weight excluding hydrogens is 276 g/mol. The van der Waals surface area contributed by atoms with E-state index in [1.165, 1.54) is 18.9 Å². The van der Waals surface area contributed by atoms with E-state index >= 15 is 0 Å². The Bertz CT molecular complexity index is 407. The van der Waals surface area contributed by atoms with Gasteiger partial charge in [0.2, 0.25) is 0 Å². The summed E-state index contributed by atoms with van der Waals surface area (Å²) >= 11 is 7.54. The average molecular weight is 291 g/mol. The van der Waals surface area contributed by atoms with E-state index in [0.29, 0.717) is 16.3 Å². The van der Waals surface area contributed by atoms with Crippen LogP contribution >= 0.6 is 23.4 Å². The molecule has 1 rings (SSSR count). The number of carbonyl (C=O) groups excluding carboxylic acids is 1. The SMILES string of the molecule is COC(=O)c1ccc(SCC(OC)OC)cc1Cl. The number of ether oxygens (including phenoxy) is 3. The van der Waals surface area contributed by atoms with E-state index in [1.807, 2.05) is 6.07 Å². The predicted octanol–water partition coefficient (Wildman–Crippen LogP) is 2.84. The Kier molecular flexibility index (Phi) is 6.49. The summed E-state index contributed by atoms with van der Waals surface area (Å²) in [5, 5.41) is 0.373. The van der Waals surface area contributed by atoms with Gasteiger partial charge in [-0.3, -0.25) is 0 Å². The molecule has 0 saturated carbocycles. The van der Waals surface area contributed by atoms with Crippen molar-refractivity contribution in [2.24, 2.45) is 0 Å². The van der Waals surface area contributed by atoms with Crippen molar-refractivity contribution in [1.82, 2.24) is 0 Å². The monoisotopic (exact) mass is 290 g/mol. The van der Waals surface area contributed by atoms with Crippen LogP contribution in [0.5, 0.6) is 0 Å². The first-order valence-corrected chi connectivity index (χ1v) is 6.55.